The molecule has 1 N–H and O–H groups in total. The monoisotopic (exact) mass is 357 g/mol. The van der Waals surface area contributed by atoms with Gasteiger partial charge in [0.1, 0.15) is 17.8 Å². The number of aromatic nitrogens is 5. The van der Waals surface area contributed by atoms with Crippen molar-refractivity contribution in [1.29, 1.82) is 10.5 Å². The summed E-state index contributed by atoms with van der Waals surface area (Å²) >= 11 is 0. The Kier molecular flexibility index (Phi) is 4.07. The lowest BCUT2D eigenvalue weighted by Crippen LogP contribution is -2.12. The summed E-state index contributed by atoms with van der Waals surface area (Å²) < 4.78 is 15.9. The van der Waals surface area contributed by atoms with Gasteiger partial charge >= 0.3 is 0 Å². The fourth-order valence-corrected chi connectivity index (χ4v) is 3.03. The minimum atomic E-state index is -0.652. The van der Waals surface area contributed by atoms with Gasteiger partial charge in [-0.15, -0.1) is 0 Å². The molecule has 0 aliphatic rings. The third kappa shape index (κ3) is 2.90. The number of benzene rings is 1. The molecule has 0 spiro atoms. The molecule has 0 aliphatic heterocycles. The molecule has 0 amide bonds. The van der Waals surface area contributed by atoms with E-state index in [9.17, 15) is 9.65 Å². The topological polar surface area (TPSA) is 107 Å². The van der Waals surface area contributed by atoms with Gasteiger partial charge in [0, 0.05) is 28.9 Å². The molecule has 0 radical (unpaired) electrons. The standard InChI is InChI=1S/C19H12FN7/c20-16-2-1-12(8-22)7-15(16)17(3-5-21)27-10-13(9-26-27)18-14-4-6-23-19(14)25-11-24-18/h1-2,4,6-7,9-11,17H,3H2,(H,23,24,25). The number of nitriles is 2. The quantitative estimate of drug-likeness (QED) is 0.603. The first-order valence-electron chi connectivity index (χ1n) is 8.10. The average molecular weight is 357 g/mol. The van der Waals surface area contributed by atoms with Gasteiger partial charge in [-0.1, -0.05) is 0 Å². The van der Waals surface area contributed by atoms with E-state index < -0.39 is 11.9 Å². The van der Waals surface area contributed by atoms with E-state index in [2.05, 4.69) is 26.1 Å². The van der Waals surface area contributed by atoms with Crippen LogP contribution in [0.15, 0.2) is 49.2 Å². The molecule has 1 unspecified atom stereocenters. The second-order valence-electron chi connectivity index (χ2n) is 5.90. The van der Waals surface area contributed by atoms with Gasteiger partial charge in [-0.2, -0.15) is 15.6 Å². The maximum Gasteiger partial charge on any atom is 0.141 e. The number of halogens is 1. The molecule has 3 heterocycles. The summed E-state index contributed by atoms with van der Waals surface area (Å²) in [6, 6.07) is 9.36. The summed E-state index contributed by atoms with van der Waals surface area (Å²) in [5, 5.41) is 23.5. The van der Waals surface area contributed by atoms with Crippen LogP contribution in [0.1, 0.15) is 23.6 Å². The number of aromatic amines is 1. The van der Waals surface area contributed by atoms with Crippen molar-refractivity contribution in [3.8, 4) is 23.4 Å². The first-order chi connectivity index (χ1) is 13.2. The first kappa shape index (κ1) is 16.4. The Balaban J connectivity index is 1.79. The SMILES string of the molecule is N#CCC(c1cc(C#N)ccc1F)n1cc(-c2ncnc3[nH]ccc23)cn1. The molecule has 4 aromatic rings. The second kappa shape index (κ2) is 6.70. The highest BCUT2D eigenvalue weighted by Gasteiger charge is 2.20. The van der Waals surface area contributed by atoms with Gasteiger partial charge in [-0.3, -0.25) is 4.68 Å². The van der Waals surface area contributed by atoms with Crippen molar-refractivity contribution in [3.05, 3.63) is 66.1 Å². The van der Waals surface area contributed by atoms with Crippen LogP contribution in [0.2, 0.25) is 0 Å². The van der Waals surface area contributed by atoms with Crippen LogP contribution in [-0.2, 0) is 0 Å². The summed E-state index contributed by atoms with van der Waals surface area (Å²) in [7, 11) is 0. The predicted molar refractivity (Wildman–Crippen MR) is 94.6 cm³/mol. The molecule has 27 heavy (non-hydrogen) atoms. The molecule has 8 heteroatoms. The number of nitrogens with zero attached hydrogens (tertiary/aromatic N) is 6. The van der Waals surface area contributed by atoms with E-state index >= 15 is 0 Å². The van der Waals surface area contributed by atoms with Crippen LogP contribution < -0.4 is 0 Å². The highest BCUT2D eigenvalue weighted by atomic mass is 19.1. The summed E-state index contributed by atoms with van der Waals surface area (Å²) in [5.41, 5.74) is 2.69. The van der Waals surface area contributed by atoms with Gasteiger partial charge in [0.2, 0.25) is 0 Å². The van der Waals surface area contributed by atoms with Crippen molar-refractivity contribution in [3.63, 3.8) is 0 Å². The Morgan fingerprint density at radius 1 is 1.22 bits per heavy atom. The number of fused-ring (bicyclic) bond motifs is 1. The lowest BCUT2D eigenvalue weighted by Gasteiger charge is -2.16. The van der Waals surface area contributed by atoms with Gasteiger partial charge in [-0.25, -0.2) is 14.4 Å². The molecule has 0 aliphatic carbocycles. The molecule has 0 fully saturated rings. The molecule has 1 atom stereocenters. The van der Waals surface area contributed by atoms with E-state index in [1.54, 1.807) is 18.6 Å². The predicted octanol–water partition coefficient (Wildman–Crippen LogP) is 3.34. The number of rotatable bonds is 4. The fourth-order valence-electron chi connectivity index (χ4n) is 3.03. The van der Waals surface area contributed by atoms with Crippen LogP contribution in [0.5, 0.6) is 0 Å². The fraction of sp³-hybridized carbons (Fsp3) is 0.105. The maximum absolute atomic E-state index is 14.4. The van der Waals surface area contributed by atoms with E-state index in [1.165, 1.54) is 29.2 Å². The minimum absolute atomic E-state index is 0.0102. The summed E-state index contributed by atoms with van der Waals surface area (Å²) in [6.07, 6.45) is 6.57. The average Bonchev–Trinajstić information content (AvgIpc) is 3.36. The zero-order valence-electron chi connectivity index (χ0n) is 14.0. The van der Waals surface area contributed by atoms with Crippen LogP contribution in [0.3, 0.4) is 0 Å². The van der Waals surface area contributed by atoms with E-state index in [0.717, 1.165) is 10.9 Å². The van der Waals surface area contributed by atoms with Gasteiger partial charge < -0.3 is 4.98 Å². The molecule has 3 aromatic heterocycles. The minimum Gasteiger partial charge on any atom is -0.346 e. The first-order valence-corrected chi connectivity index (χ1v) is 8.10. The number of H-pyrrole nitrogens is 1. The molecular weight excluding hydrogens is 345 g/mol. The van der Waals surface area contributed by atoms with Crippen LogP contribution in [-0.4, -0.2) is 24.7 Å². The van der Waals surface area contributed by atoms with Crippen LogP contribution in [0, 0.1) is 28.5 Å². The molecule has 7 nitrogen and oxygen atoms in total. The van der Waals surface area contributed by atoms with Crippen LogP contribution in [0.25, 0.3) is 22.3 Å². The lowest BCUT2D eigenvalue weighted by atomic mass is 10.0. The maximum atomic E-state index is 14.4. The zero-order chi connectivity index (χ0) is 18.8. The Labute approximate surface area is 153 Å². The second-order valence-corrected chi connectivity index (χ2v) is 5.90. The van der Waals surface area contributed by atoms with Crippen molar-refractivity contribution < 1.29 is 4.39 Å². The van der Waals surface area contributed by atoms with Crippen LogP contribution in [0.4, 0.5) is 4.39 Å². The highest BCUT2D eigenvalue weighted by molar-refractivity contribution is 5.89. The molecule has 130 valence electrons. The Hall–Kier alpha value is -4.04. The number of hydrogen-bond acceptors (Lipinski definition) is 5. The number of hydrogen-bond donors (Lipinski definition) is 1. The number of nitrogens with one attached hydrogen (secondary N) is 1. The Morgan fingerprint density at radius 2 is 2.11 bits per heavy atom. The van der Waals surface area contributed by atoms with Gasteiger partial charge in [0.05, 0.1) is 42.1 Å². The molecular formula is C19H12FN7. The third-order valence-electron chi connectivity index (χ3n) is 4.32. The van der Waals surface area contributed by atoms with Gasteiger partial charge in [0.15, 0.2) is 0 Å². The largest absolute Gasteiger partial charge is 0.346 e. The van der Waals surface area contributed by atoms with Crippen molar-refractivity contribution in [1.82, 2.24) is 24.7 Å². The Bertz CT molecular complexity index is 1210. The molecule has 1 aromatic carbocycles. The van der Waals surface area contributed by atoms with E-state index in [4.69, 9.17) is 5.26 Å². The summed E-state index contributed by atoms with van der Waals surface area (Å²) in [4.78, 5) is 11.5. The van der Waals surface area contributed by atoms with E-state index in [0.29, 0.717) is 16.9 Å². The normalized spacial score (nSPS) is 11.8. The molecule has 0 saturated heterocycles. The highest BCUT2D eigenvalue weighted by Crippen LogP contribution is 2.29. The van der Waals surface area contributed by atoms with Gasteiger partial charge in [0.25, 0.3) is 0 Å². The molecule has 0 bridgehead atoms. The summed E-state index contributed by atoms with van der Waals surface area (Å²) in [5.74, 6) is -0.485. The zero-order valence-corrected chi connectivity index (χ0v) is 14.0. The molecule has 4 rings (SSSR count). The summed E-state index contributed by atoms with van der Waals surface area (Å²) in [6.45, 7) is 0. The van der Waals surface area contributed by atoms with E-state index in [1.807, 2.05) is 12.1 Å². The third-order valence-corrected chi connectivity index (χ3v) is 4.32. The smallest absolute Gasteiger partial charge is 0.141 e. The van der Waals surface area contributed by atoms with Gasteiger partial charge in [-0.05, 0) is 24.3 Å². The van der Waals surface area contributed by atoms with Crippen molar-refractivity contribution in [2.24, 2.45) is 0 Å². The Morgan fingerprint density at radius 3 is 2.93 bits per heavy atom. The molecule has 0 saturated carbocycles. The van der Waals surface area contributed by atoms with Crippen LogP contribution >= 0.6 is 0 Å². The van der Waals surface area contributed by atoms with Crippen molar-refractivity contribution >= 4 is 11.0 Å². The lowest BCUT2D eigenvalue weighted by molar-refractivity contribution is 0.498. The van der Waals surface area contributed by atoms with Crippen molar-refractivity contribution in [2.75, 3.05) is 0 Å². The van der Waals surface area contributed by atoms with Crippen molar-refractivity contribution in [2.45, 2.75) is 12.5 Å². The van der Waals surface area contributed by atoms with E-state index in [-0.39, 0.29) is 12.0 Å².